The summed E-state index contributed by atoms with van der Waals surface area (Å²) in [5.74, 6) is 2.23. The Bertz CT molecular complexity index is 1220. The molecular formula is C27H29N3O3S. The molecule has 0 bridgehead atoms. The van der Waals surface area contributed by atoms with Gasteiger partial charge in [-0.2, -0.15) is 0 Å². The van der Waals surface area contributed by atoms with E-state index in [1.54, 1.807) is 7.11 Å². The Morgan fingerprint density at radius 2 is 1.79 bits per heavy atom. The van der Waals surface area contributed by atoms with E-state index >= 15 is 0 Å². The maximum Gasteiger partial charge on any atom is 0.189 e. The van der Waals surface area contributed by atoms with Crippen LogP contribution in [-0.2, 0) is 6.61 Å². The van der Waals surface area contributed by atoms with Gasteiger partial charge in [0.2, 0.25) is 0 Å². The Morgan fingerprint density at radius 3 is 2.59 bits per heavy atom. The Morgan fingerprint density at radius 1 is 1.03 bits per heavy atom. The summed E-state index contributed by atoms with van der Waals surface area (Å²) in [6, 6.07) is 21.6. The summed E-state index contributed by atoms with van der Waals surface area (Å²) >= 11 is 5.48. The maximum atomic E-state index is 6.15. The minimum absolute atomic E-state index is 0.406. The average Bonchev–Trinajstić information content (AvgIpc) is 2.82. The standard InChI is InChI=1S/C27H29N3O3S/c1-18-9-5-6-10-19(18)17-32-20-13-14-24-21(15-20)23(16-27(2,3)33-24)29-30-26(34)28-22-11-7-8-12-25(22)31-4/h5-16,29H,17H2,1-4H3,(H2,28,30,34). The number of benzene rings is 3. The maximum absolute atomic E-state index is 6.15. The highest BCUT2D eigenvalue weighted by atomic mass is 32.1. The normalized spacial score (nSPS) is 13.6. The van der Waals surface area contributed by atoms with Gasteiger partial charge in [0.25, 0.3) is 0 Å². The molecule has 0 aliphatic carbocycles. The number of methoxy groups -OCH3 is 1. The second-order valence-corrected chi connectivity index (χ2v) is 8.95. The van der Waals surface area contributed by atoms with Gasteiger partial charge in [-0.15, -0.1) is 0 Å². The van der Waals surface area contributed by atoms with Crippen molar-refractivity contribution in [2.24, 2.45) is 0 Å². The molecule has 0 saturated heterocycles. The Hall–Kier alpha value is -3.71. The van der Waals surface area contributed by atoms with Crippen LogP contribution in [0.5, 0.6) is 17.2 Å². The van der Waals surface area contributed by atoms with E-state index in [9.17, 15) is 0 Å². The molecule has 0 spiro atoms. The highest BCUT2D eigenvalue weighted by Crippen LogP contribution is 2.37. The Balaban J connectivity index is 1.48. The number of anilines is 1. The van der Waals surface area contributed by atoms with Gasteiger partial charge in [-0.1, -0.05) is 36.4 Å². The molecule has 0 fully saturated rings. The first-order chi connectivity index (χ1) is 16.3. The molecule has 34 heavy (non-hydrogen) atoms. The molecule has 6 nitrogen and oxygen atoms in total. The molecule has 4 rings (SSSR count). The van der Waals surface area contributed by atoms with Crippen molar-refractivity contribution in [1.29, 1.82) is 0 Å². The SMILES string of the molecule is COc1ccccc1NC(=S)NNC1=CC(C)(C)Oc2ccc(OCc3ccccc3C)cc21. The minimum atomic E-state index is -0.488. The summed E-state index contributed by atoms with van der Waals surface area (Å²) in [7, 11) is 1.62. The van der Waals surface area contributed by atoms with E-state index in [1.165, 1.54) is 5.56 Å². The summed E-state index contributed by atoms with van der Waals surface area (Å²) in [6.45, 7) is 6.59. The predicted octanol–water partition coefficient (Wildman–Crippen LogP) is 5.59. The van der Waals surface area contributed by atoms with E-state index in [4.69, 9.17) is 26.4 Å². The van der Waals surface area contributed by atoms with Gasteiger partial charge < -0.3 is 19.5 Å². The van der Waals surface area contributed by atoms with E-state index in [0.29, 0.717) is 17.5 Å². The summed E-state index contributed by atoms with van der Waals surface area (Å²) < 4.78 is 17.6. The summed E-state index contributed by atoms with van der Waals surface area (Å²) in [5.41, 5.74) is 10.7. The van der Waals surface area contributed by atoms with Gasteiger partial charge in [0.1, 0.15) is 29.5 Å². The number of rotatable bonds is 7. The third kappa shape index (κ3) is 5.61. The lowest BCUT2D eigenvalue weighted by atomic mass is 9.99. The molecule has 0 amide bonds. The van der Waals surface area contributed by atoms with E-state index in [-0.39, 0.29) is 0 Å². The largest absolute Gasteiger partial charge is 0.495 e. The number of fused-ring (bicyclic) bond motifs is 1. The van der Waals surface area contributed by atoms with E-state index in [0.717, 1.165) is 34.0 Å². The van der Waals surface area contributed by atoms with Gasteiger partial charge in [0, 0.05) is 5.56 Å². The van der Waals surface area contributed by atoms with Crippen LogP contribution in [0.3, 0.4) is 0 Å². The zero-order valence-electron chi connectivity index (χ0n) is 19.8. The molecule has 0 unspecified atom stereocenters. The molecule has 3 aromatic rings. The van der Waals surface area contributed by atoms with Crippen LogP contribution in [-0.4, -0.2) is 17.8 Å². The lowest BCUT2D eigenvalue weighted by Gasteiger charge is -2.32. The highest BCUT2D eigenvalue weighted by molar-refractivity contribution is 7.80. The fourth-order valence-electron chi connectivity index (χ4n) is 3.70. The second-order valence-electron chi connectivity index (χ2n) is 8.54. The molecule has 0 aromatic heterocycles. The van der Waals surface area contributed by atoms with Crippen LogP contribution in [0.2, 0.25) is 0 Å². The van der Waals surface area contributed by atoms with Crippen LogP contribution in [0, 0.1) is 6.92 Å². The van der Waals surface area contributed by atoms with Gasteiger partial charge in [-0.25, -0.2) is 0 Å². The molecule has 1 aliphatic heterocycles. The zero-order valence-corrected chi connectivity index (χ0v) is 20.6. The van der Waals surface area contributed by atoms with Crippen molar-refractivity contribution in [3.63, 3.8) is 0 Å². The van der Waals surface area contributed by atoms with Crippen LogP contribution in [0.25, 0.3) is 5.70 Å². The number of hydrogen-bond donors (Lipinski definition) is 3. The van der Waals surface area contributed by atoms with Gasteiger partial charge in [-0.3, -0.25) is 10.9 Å². The van der Waals surface area contributed by atoms with Crippen LogP contribution >= 0.6 is 12.2 Å². The molecule has 7 heteroatoms. The van der Waals surface area contributed by atoms with E-state index in [2.05, 4.69) is 35.2 Å². The number of para-hydroxylation sites is 2. The first-order valence-corrected chi connectivity index (χ1v) is 11.4. The van der Waals surface area contributed by atoms with E-state index in [1.807, 2.05) is 74.5 Å². The molecule has 0 atom stereocenters. The van der Waals surface area contributed by atoms with Gasteiger partial charge >= 0.3 is 0 Å². The third-order valence-corrected chi connectivity index (χ3v) is 5.63. The van der Waals surface area contributed by atoms with Crippen molar-refractivity contribution in [3.05, 3.63) is 89.5 Å². The van der Waals surface area contributed by atoms with Crippen molar-refractivity contribution >= 4 is 28.7 Å². The molecular weight excluding hydrogens is 446 g/mol. The summed E-state index contributed by atoms with van der Waals surface area (Å²) in [5, 5.41) is 3.56. The molecule has 0 saturated carbocycles. The quantitative estimate of drug-likeness (QED) is 0.304. The summed E-state index contributed by atoms with van der Waals surface area (Å²) in [4.78, 5) is 0. The van der Waals surface area contributed by atoms with Crippen molar-refractivity contribution < 1.29 is 14.2 Å². The van der Waals surface area contributed by atoms with Crippen molar-refractivity contribution in [3.8, 4) is 17.2 Å². The zero-order chi connectivity index (χ0) is 24.1. The van der Waals surface area contributed by atoms with Gasteiger partial charge in [0.05, 0.1) is 18.5 Å². The Kier molecular flexibility index (Phi) is 6.93. The summed E-state index contributed by atoms with van der Waals surface area (Å²) in [6.07, 6.45) is 2.01. The minimum Gasteiger partial charge on any atom is -0.495 e. The Labute approximate surface area is 205 Å². The molecule has 0 radical (unpaired) electrons. The highest BCUT2D eigenvalue weighted by Gasteiger charge is 2.27. The first kappa shape index (κ1) is 23.4. The van der Waals surface area contributed by atoms with Crippen LogP contribution in [0.4, 0.5) is 5.69 Å². The second kappa shape index (κ2) is 10.1. The molecule has 3 aromatic carbocycles. The number of nitrogens with one attached hydrogen (secondary N) is 3. The number of ether oxygens (including phenoxy) is 3. The predicted molar refractivity (Wildman–Crippen MR) is 140 cm³/mol. The fraction of sp³-hybridized carbons (Fsp3) is 0.222. The average molecular weight is 476 g/mol. The van der Waals surface area contributed by atoms with Crippen LogP contribution in [0.15, 0.2) is 72.8 Å². The lowest BCUT2D eigenvalue weighted by molar-refractivity contribution is 0.157. The molecule has 1 heterocycles. The van der Waals surface area contributed by atoms with Gasteiger partial charge in [0.15, 0.2) is 5.11 Å². The first-order valence-electron chi connectivity index (χ1n) is 11.0. The molecule has 1 aliphatic rings. The monoisotopic (exact) mass is 475 g/mol. The van der Waals surface area contributed by atoms with Crippen molar-refractivity contribution in [2.45, 2.75) is 33.0 Å². The third-order valence-electron chi connectivity index (χ3n) is 5.43. The molecule has 3 N–H and O–H groups in total. The smallest absolute Gasteiger partial charge is 0.189 e. The lowest BCUT2D eigenvalue weighted by Crippen LogP contribution is -2.41. The van der Waals surface area contributed by atoms with Gasteiger partial charge in [-0.05, 0) is 80.5 Å². The van der Waals surface area contributed by atoms with Crippen LogP contribution < -0.4 is 30.4 Å². The number of hydrogen-bond acceptors (Lipinski definition) is 5. The van der Waals surface area contributed by atoms with Crippen molar-refractivity contribution in [1.82, 2.24) is 10.9 Å². The topological polar surface area (TPSA) is 63.8 Å². The van der Waals surface area contributed by atoms with Crippen LogP contribution in [0.1, 0.15) is 30.5 Å². The molecule has 176 valence electrons. The van der Waals surface area contributed by atoms with E-state index < -0.39 is 5.60 Å². The fourth-order valence-corrected chi connectivity index (χ4v) is 3.86. The number of hydrazine groups is 1. The number of thiocarbonyl (C=S) groups is 1. The number of aryl methyl sites for hydroxylation is 1. The van der Waals surface area contributed by atoms with Crippen molar-refractivity contribution in [2.75, 3.05) is 12.4 Å².